The molecule has 1 amide bonds. The van der Waals surface area contributed by atoms with Crippen molar-refractivity contribution in [3.05, 3.63) is 82.9 Å². The van der Waals surface area contributed by atoms with Gasteiger partial charge >= 0.3 is 5.97 Å². The quantitative estimate of drug-likeness (QED) is 0.375. The summed E-state index contributed by atoms with van der Waals surface area (Å²) in [4.78, 5) is 36.2. The van der Waals surface area contributed by atoms with E-state index in [9.17, 15) is 22.8 Å². The minimum Gasteiger partial charge on any atom is -0.482 e. The predicted molar refractivity (Wildman–Crippen MR) is 124 cm³/mol. The fourth-order valence-corrected chi connectivity index (χ4v) is 4.46. The molecule has 174 valence electrons. The van der Waals surface area contributed by atoms with Crippen LogP contribution >= 0.6 is 11.6 Å². The van der Waals surface area contributed by atoms with Crippen molar-refractivity contribution in [3.63, 3.8) is 0 Å². The minimum absolute atomic E-state index is 0.0547. The van der Waals surface area contributed by atoms with Crippen molar-refractivity contribution in [2.75, 3.05) is 23.3 Å². The predicted octanol–water partition coefficient (Wildman–Crippen LogP) is 3.51. The maximum atomic E-state index is 12.7. The van der Waals surface area contributed by atoms with Crippen LogP contribution in [0.1, 0.15) is 20.7 Å². The third-order valence-electron chi connectivity index (χ3n) is 4.77. The van der Waals surface area contributed by atoms with Crippen molar-refractivity contribution < 1.29 is 32.3 Å². The molecular formula is C23H17ClN2O7S. The molecule has 0 saturated heterocycles. The molecule has 2 N–H and O–H groups in total. The van der Waals surface area contributed by atoms with Crippen molar-refractivity contribution >= 4 is 50.7 Å². The zero-order valence-corrected chi connectivity index (χ0v) is 19.0. The number of amides is 1. The molecule has 0 aliphatic carbocycles. The molecule has 3 aromatic carbocycles. The van der Waals surface area contributed by atoms with E-state index in [4.69, 9.17) is 21.1 Å². The van der Waals surface area contributed by atoms with Gasteiger partial charge in [-0.05, 0) is 48.5 Å². The van der Waals surface area contributed by atoms with E-state index in [2.05, 4.69) is 10.0 Å². The van der Waals surface area contributed by atoms with Crippen LogP contribution in [0.25, 0.3) is 0 Å². The van der Waals surface area contributed by atoms with E-state index in [1.807, 2.05) is 0 Å². The summed E-state index contributed by atoms with van der Waals surface area (Å²) in [5, 5.41) is 2.81. The van der Waals surface area contributed by atoms with Gasteiger partial charge in [-0.1, -0.05) is 29.8 Å². The van der Waals surface area contributed by atoms with Gasteiger partial charge in [0.15, 0.2) is 19.0 Å². The lowest BCUT2D eigenvalue weighted by Gasteiger charge is -2.18. The van der Waals surface area contributed by atoms with Crippen molar-refractivity contribution in [3.8, 4) is 5.75 Å². The Labute approximate surface area is 199 Å². The van der Waals surface area contributed by atoms with E-state index in [1.165, 1.54) is 48.5 Å². The molecule has 1 aliphatic rings. The molecule has 0 bridgehead atoms. The van der Waals surface area contributed by atoms with Crippen LogP contribution in [0.4, 0.5) is 11.4 Å². The van der Waals surface area contributed by atoms with Gasteiger partial charge < -0.3 is 14.8 Å². The summed E-state index contributed by atoms with van der Waals surface area (Å²) >= 11 is 6.01. The lowest BCUT2D eigenvalue weighted by Crippen LogP contribution is -2.25. The Kier molecular flexibility index (Phi) is 6.53. The van der Waals surface area contributed by atoms with Crippen LogP contribution in [-0.2, 0) is 19.6 Å². The molecule has 0 spiro atoms. The largest absolute Gasteiger partial charge is 0.482 e. The Morgan fingerprint density at radius 1 is 1.03 bits per heavy atom. The molecule has 0 fully saturated rings. The Bertz CT molecular complexity index is 1410. The second-order valence-electron chi connectivity index (χ2n) is 7.16. The zero-order valence-electron chi connectivity index (χ0n) is 17.4. The summed E-state index contributed by atoms with van der Waals surface area (Å²) in [5.74, 6) is -1.31. The van der Waals surface area contributed by atoms with Gasteiger partial charge in [0.1, 0.15) is 5.75 Å². The average molecular weight is 501 g/mol. The molecule has 9 nitrogen and oxygen atoms in total. The first kappa shape index (κ1) is 23.3. The van der Waals surface area contributed by atoms with Gasteiger partial charge in [-0.15, -0.1) is 0 Å². The standard InChI is InChI=1S/C23H17ClN2O7S/c24-17-6-1-2-7-18(17)26-34(30,31)16-5-3-4-15(10-16)23(29)33-12-20(27)14-8-9-21-19(11-14)25-22(28)13-32-21/h1-11,26H,12-13H2,(H,25,28). The number of ketones is 1. The first-order chi connectivity index (χ1) is 16.2. The molecule has 0 unspecified atom stereocenters. The summed E-state index contributed by atoms with van der Waals surface area (Å²) in [6.07, 6.45) is 0. The molecule has 11 heteroatoms. The normalized spacial score (nSPS) is 12.7. The monoisotopic (exact) mass is 500 g/mol. The number of fused-ring (bicyclic) bond motifs is 1. The van der Waals surface area contributed by atoms with E-state index in [-0.39, 0.29) is 39.2 Å². The van der Waals surface area contributed by atoms with Crippen molar-refractivity contribution in [1.29, 1.82) is 0 Å². The van der Waals surface area contributed by atoms with Crippen molar-refractivity contribution in [2.24, 2.45) is 0 Å². The summed E-state index contributed by atoms with van der Waals surface area (Å²) in [7, 11) is -4.03. The van der Waals surface area contributed by atoms with Crippen LogP contribution in [0.2, 0.25) is 5.02 Å². The first-order valence-corrected chi connectivity index (χ1v) is 11.7. The van der Waals surface area contributed by atoms with E-state index in [0.29, 0.717) is 11.4 Å². The van der Waals surface area contributed by atoms with Gasteiger partial charge in [0.2, 0.25) is 0 Å². The van der Waals surface area contributed by atoms with E-state index in [0.717, 1.165) is 6.07 Å². The van der Waals surface area contributed by atoms with Crippen LogP contribution < -0.4 is 14.8 Å². The minimum atomic E-state index is -4.03. The molecule has 3 aromatic rings. The smallest absolute Gasteiger partial charge is 0.338 e. The average Bonchev–Trinajstić information content (AvgIpc) is 2.83. The van der Waals surface area contributed by atoms with Crippen LogP contribution in [0.3, 0.4) is 0 Å². The van der Waals surface area contributed by atoms with E-state index >= 15 is 0 Å². The van der Waals surface area contributed by atoms with Gasteiger partial charge in [0.05, 0.1) is 26.9 Å². The van der Waals surface area contributed by atoms with Gasteiger partial charge in [0.25, 0.3) is 15.9 Å². The van der Waals surface area contributed by atoms with Crippen LogP contribution in [0.15, 0.2) is 71.6 Å². The number of hydrogen-bond acceptors (Lipinski definition) is 7. The fraction of sp³-hybridized carbons (Fsp3) is 0.0870. The maximum absolute atomic E-state index is 12.7. The van der Waals surface area contributed by atoms with E-state index < -0.39 is 28.4 Å². The lowest BCUT2D eigenvalue weighted by atomic mass is 10.1. The number of halogens is 1. The summed E-state index contributed by atoms with van der Waals surface area (Å²) in [6.45, 7) is -0.693. The molecular weight excluding hydrogens is 484 g/mol. The SMILES string of the molecule is O=C1COc2ccc(C(=O)COC(=O)c3cccc(S(=O)(=O)Nc4ccccc4Cl)c3)cc2N1. The van der Waals surface area contributed by atoms with Gasteiger partial charge in [-0.3, -0.25) is 14.3 Å². The number of nitrogens with one attached hydrogen (secondary N) is 2. The van der Waals surface area contributed by atoms with Gasteiger partial charge in [0, 0.05) is 5.56 Å². The number of anilines is 2. The highest BCUT2D eigenvalue weighted by atomic mass is 35.5. The number of hydrogen-bond donors (Lipinski definition) is 2. The number of esters is 1. The molecule has 0 radical (unpaired) electrons. The Balaban J connectivity index is 1.43. The highest BCUT2D eigenvalue weighted by Crippen LogP contribution is 2.29. The number of sulfonamides is 1. The summed E-state index contributed by atoms with van der Waals surface area (Å²) < 4.78 is 38.1. The highest BCUT2D eigenvalue weighted by molar-refractivity contribution is 7.92. The second kappa shape index (κ2) is 9.54. The third kappa shape index (κ3) is 5.19. The summed E-state index contributed by atoms with van der Waals surface area (Å²) in [5.41, 5.74) is 0.685. The first-order valence-electron chi connectivity index (χ1n) is 9.87. The zero-order chi connectivity index (χ0) is 24.3. The van der Waals surface area contributed by atoms with Crippen molar-refractivity contribution in [2.45, 2.75) is 4.90 Å². The maximum Gasteiger partial charge on any atom is 0.338 e. The van der Waals surface area contributed by atoms with Crippen LogP contribution in [0, 0.1) is 0 Å². The number of para-hydroxylation sites is 1. The van der Waals surface area contributed by atoms with Gasteiger partial charge in [-0.25, -0.2) is 13.2 Å². The number of rotatable bonds is 7. The molecule has 1 heterocycles. The van der Waals surface area contributed by atoms with Crippen LogP contribution in [-0.4, -0.2) is 39.3 Å². The van der Waals surface area contributed by atoms with Crippen LogP contribution in [0.5, 0.6) is 5.75 Å². The fourth-order valence-electron chi connectivity index (χ4n) is 3.09. The van der Waals surface area contributed by atoms with Gasteiger partial charge in [-0.2, -0.15) is 0 Å². The number of benzene rings is 3. The number of carbonyl (C=O) groups excluding carboxylic acids is 3. The van der Waals surface area contributed by atoms with Crippen molar-refractivity contribution in [1.82, 2.24) is 0 Å². The number of Topliss-reactive ketones (excluding diaryl/α,β-unsaturated/α-hetero) is 1. The molecule has 1 aliphatic heterocycles. The van der Waals surface area contributed by atoms with E-state index in [1.54, 1.807) is 12.1 Å². The molecule has 34 heavy (non-hydrogen) atoms. The summed E-state index contributed by atoms with van der Waals surface area (Å²) in [6, 6.07) is 16.0. The Hall–Kier alpha value is -3.89. The molecule has 0 saturated carbocycles. The second-order valence-corrected chi connectivity index (χ2v) is 9.25. The molecule has 0 aromatic heterocycles. The highest BCUT2D eigenvalue weighted by Gasteiger charge is 2.21. The topological polar surface area (TPSA) is 128 Å². The molecule has 0 atom stereocenters. The number of ether oxygens (including phenoxy) is 2. The Morgan fingerprint density at radius 2 is 1.82 bits per heavy atom. The third-order valence-corrected chi connectivity index (χ3v) is 6.46. The molecule has 4 rings (SSSR count). The Morgan fingerprint density at radius 3 is 2.62 bits per heavy atom. The number of carbonyl (C=O) groups is 3. The lowest BCUT2D eigenvalue weighted by molar-refractivity contribution is -0.118.